The topological polar surface area (TPSA) is 127 Å². The van der Waals surface area contributed by atoms with Gasteiger partial charge in [-0.15, -0.1) is 0 Å². The molecule has 0 aliphatic rings. The number of phenolic OH excluding ortho intramolecular Hbond substituents is 1. The van der Waals surface area contributed by atoms with Gasteiger partial charge in [0, 0.05) is 0 Å². The third-order valence-corrected chi connectivity index (χ3v) is 2.86. The average molecular weight is 290 g/mol. The molecule has 0 spiro atoms. The van der Waals surface area contributed by atoms with E-state index in [-0.39, 0.29) is 17.0 Å². The van der Waals surface area contributed by atoms with Gasteiger partial charge in [-0.3, -0.25) is 5.10 Å². The number of carbonyl (C=O) groups excluding carboxylic acids is 1. The second-order valence-corrected chi connectivity index (χ2v) is 4.43. The average Bonchev–Trinajstić information content (AvgIpc) is 2.72. The summed E-state index contributed by atoms with van der Waals surface area (Å²) in [4.78, 5) is 22.6. The number of aromatic hydroxyl groups is 1. The van der Waals surface area contributed by atoms with E-state index in [4.69, 9.17) is 5.11 Å². The lowest BCUT2D eigenvalue weighted by Gasteiger charge is -2.09. The Bertz CT molecular complexity index is 689. The number of hydrogen-bond donors (Lipinski definition) is 5. The van der Waals surface area contributed by atoms with Crippen LogP contribution in [0.5, 0.6) is 5.75 Å². The summed E-state index contributed by atoms with van der Waals surface area (Å²) < 4.78 is 0. The number of anilines is 2. The lowest BCUT2D eigenvalue weighted by molar-refractivity contribution is 0.0696. The number of nitrogens with one attached hydrogen (secondary N) is 3. The molecule has 8 nitrogen and oxygen atoms in total. The van der Waals surface area contributed by atoms with Gasteiger partial charge in [0.15, 0.2) is 0 Å². The van der Waals surface area contributed by atoms with Crippen molar-refractivity contribution in [2.75, 3.05) is 10.6 Å². The van der Waals surface area contributed by atoms with E-state index in [0.717, 1.165) is 6.07 Å². The standard InChI is InChI=1S/C13H14N4O4/c1-6-11(7(2)17-16-6)15-13(21)14-9-4-3-8(12(19)20)5-10(9)18/h3-5,18H,1-2H3,(H,16,17)(H,19,20)(H2,14,15,21). The minimum absolute atomic E-state index is 0.0695. The van der Waals surface area contributed by atoms with Crippen molar-refractivity contribution in [3.05, 3.63) is 35.2 Å². The van der Waals surface area contributed by atoms with Crippen LogP contribution in [0, 0.1) is 13.8 Å². The number of aryl methyl sites for hydroxylation is 2. The molecule has 0 radical (unpaired) electrons. The molecule has 8 heteroatoms. The summed E-state index contributed by atoms with van der Waals surface area (Å²) in [6.07, 6.45) is 0. The number of carboxylic acid groups (broad SMARTS) is 1. The summed E-state index contributed by atoms with van der Waals surface area (Å²) in [6, 6.07) is 3.09. The molecule has 2 rings (SSSR count). The fourth-order valence-electron chi connectivity index (χ4n) is 1.77. The second kappa shape index (κ2) is 5.53. The normalized spacial score (nSPS) is 10.2. The lowest BCUT2D eigenvalue weighted by Crippen LogP contribution is -2.20. The number of hydrogen-bond acceptors (Lipinski definition) is 4. The van der Waals surface area contributed by atoms with Gasteiger partial charge in [-0.05, 0) is 32.0 Å². The van der Waals surface area contributed by atoms with E-state index in [1.165, 1.54) is 12.1 Å². The lowest BCUT2D eigenvalue weighted by atomic mass is 10.2. The van der Waals surface area contributed by atoms with Crippen molar-refractivity contribution in [1.82, 2.24) is 10.2 Å². The first-order chi connectivity index (χ1) is 9.88. The largest absolute Gasteiger partial charge is 0.506 e. The Morgan fingerprint density at radius 2 is 1.95 bits per heavy atom. The number of carboxylic acids is 1. The molecule has 110 valence electrons. The van der Waals surface area contributed by atoms with Gasteiger partial charge in [0.25, 0.3) is 0 Å². The molecule has 0 saturated heterocycles. The number of aromatic nitrogens is 2. The van der Waals surface area contributed by atoms with Crippen LogP contribution < -0.4 is 10.6 Å². The fourth-order valence-corrected chi connectivity index (χ4v) is 1.77. The number of nitrogens with zero attached hydrogens (tertiary/aromatic N) is 1. The molecule has 1 heterocycles. The van der Waals surface area contributed by atoms with Gasteiger partial charge >= 0.3 is 12.0 Å². The van der Waals surface area contributed by atoms with Gasteiger partial charge in [-0.25, -0.2) is 9.59 Å². The van der Waals surface area contributed by atoms with E-state index in [0.29, 0.717) is 17.1 Å². The maximum atomic E-state index is 11.9. The van der Waals surface area contributed by atoms with Crippen molar-refractivity contribution < 1.29 is 19.8 Å². The molecule has 1 aromatic carbocycles. The van der Waals surface area contributed by atoms with Crippen molar-refractivity contribution in [1.29, 1.82) is 0 Å². The van der Waals surface area contributed by atoms with Crippen LogP contribution in [0.25, 0.3) is 0 Å². The van der Waals surface area contributed by atoms with Crippen LogP contribution in [-0.2, 0) is 0 Å². The zero-order chi connectivity index (χ0) is 15.6. The Balaban J connectivity index is 2.11. The predicted molar refractivity (Wildman–Crippen MR) is 75.8 cm³/mol. The number of benzene rings is 1. The van der Waals surface area contributed by atoms with Gasteiger partial charge in [-0.1, -0.05) is 0 Å². The zero-order valence-corrected chi connectivity index (χ0v) is 11.4. The molecule has 0 saturated carbocycles. The van der Waals surface area contributed by atoms with Crippen molar-refractivity contribution in [3.8, 4) is 5.75 Å². The van der Waals surface area contributed by atoms with Crippen LogP contribution in [0.4, 0.5) is 16.2 Å². The molecule has 0 bridgehead atoms. The van der Waals surface area contributed by atoms with Crippen LogP contribution >= 0.6 is 0 Å². The molecule has 2 aromatic rings. The summed E-state index contributed by atoms with van der Waals surface area (Å²) in [6.45, 7) is 3.49. The summed E-state index contributed by atoms with van der Waals surface area (Å²) >= 11 is 0. The number of carbonyl (C=O) groups is 2. The third-order valence-electron chi connectivity index (χ3n) is 2.86. The number of aromatic amines is 1. The first-order valence-corrected chi connectivity index (χ1v) is 6.04. The Kier molecular flexibility index (Phi) is 3.79. The van der Waals surface area contributed by atoms with Crippen LogP contribution in [-0.4, -0.2) is 32.4 Å². The summed E-state index contributed by atoms with van der Waals surface area (Å²) in [5.41, 5.74) is 1.92. The van der Waals surface area contributed by atoms with Crippen LogP contribution in [0.1, 0.15) is 21.7 Å². The smallest absolute Gasteiger partial charge is 0.335 e. The maximum absolute atomic E-state index is 11.9. The van der Waals surface area contributed by atoms with Gasteiger partial charge in [-0.2, -0.15) is 5.10 Å². The molecule has 0 unspecified atom stereocenters. The van der Waals surface area contributed by atoms with Gasteiger partial charge in [0.05, 0.1) is 28.3 Å². The molecule has 0 atom stereocenters. The van der Waals surface area contributed by atoms with Gasteiger partial charge < -0.3 is 20.8 Å². The number of urea groups is 1. The van der Waals surface area contributed by atoms with Crippen LogP contribution in [0.15, 0.2) is 18.2 Å². The first-order valence-electron chi connectivity index (χ1n) is 6.04. The number of amides is 2. The molecule has 21 heavy (non-hydrogen) atoms. The Morgan fingerprint density at radius 1 is 1.24 bits per heavy atom. The Labute approximate surface area is 119 Å². The maximum Gasteiger partial charge on any atom is 0.335 e. The number of H-pyrrole nitrogens is 1. The highest BCUT2D eigenvalue weighted by atomic mass is 16.4. The van der Waals surface area contributed by atoms with E-state index >= 15 is 0 Å². The van der Waals surface area contributed by atoms with E-state index in [1.807, 2.05) is 0 Å². The fraction of sp³-hybridized carbons (Fsp3) is 0.154. The summed E-state index contributed by atoms with van der Waals surface area (Å²) in [5.74, 6) is -1.49. The quantitative estimate of drug-likeness (QED) is 0.553. The summed E-state index contributed by atoms with van der Waals surface area (Å²) in [5, 5.41) is 30.2. The molecule has 0 aliphatic carbocycles. The number of aromatic carboxylic acids is 1. The Hall–Kier alpha value is -3.03. The van der Waals surface area contributed by atoms with E-state index in [1.54, 1.807) is 13.8 Å². The molecular weight excluding hydrogens is 276 g/mol. The van der Waals surface area contributed by atoms with Crippen LogP contribution in [0.3, 0.4) is 0 Å². The Morgan fingerprint density at radius 3 is 2.48 bits per heavy atom. The van der Waals surface area contributed by atoms with Gasteiger partial charge in [0.1, 0.15) is 5.75 Å². The third kappa shape index (κ3) is 3.11. The van der Waals surface area contributed by atoms with E-state index in [9.17, 15) is 14.7 Å². The van der Waals surface area contributed by atoms with Gasteiger partial charge in [0.2, 0.25) is 0 Å². The zero-order valence-electron chi connectivity index (χ0n) is 11.4. The highest BCUT2D eigenvalue weighted by Gasteiger charge is 2.13. The number of phenols is 1. The predicted octanol–water partition coefficient (Wildman–Crippen LogP) is 2.07. The molecule has 2 amide bonds. The van der Waals surface area contributed by atoms with Crippen molar-refractivity contribution >= 4 is 23.4 Å². The van der Waals surface area contributed by atoms with Crippen LogP contribution in [0.2, 0.25) is 0 Å². The first kappa shape index (κ1) is 14.4. The van der Waals surface area contributed by atoms with E-state index < -0.39 is 12.0 Å². The van der Waals surface area contributed by atoms with Crippen molar-refractivity contribution in [3.63, 3.8) is 0 Å². The molecule has 0 fully saturated rings. The molecule has 0 aliphatic heterocycles. The van der Waals surface area contributed by atoms with Crippen molar-refractivity contribution in [2.45, 2.75) is 13.8 Å². The second-order valence-electron chi connectivity index (χ2n) is 4.43. The summed E-state index contributed by atoms with van der Waals surface area (Å²) in [7, 11) is 0. The van der Waals surface area contributed by atoms with E-state index in [2.05, 4.69) is 20.8 Å². The minimum atomic E-state index is -1.16. The molecular formula is C13H14N4O4. The highest BCUT2D eigenvalue weighted by molar-refractivity contribution is 6.01. The minimum Gasteiger partial charge on any atom is -0.506 e. The molecule has 5 N–H and O–H groups in total. The highest BCUT2D eigenvalue weighted by Crippen LogP contribution is 2.25. The number of rotatable bonds is 3. The van der Waals surface area contributed by atoms with Crippen molar-refractivity contribution in [2.24, 2.45) is 0 Å². The molecule has 1 aromatic heterocycles. The monoisotopic (exact) mass is 290 g/mol. The SMILES string of the molecule is Cc1n[nH]c(C)c1NC(=O)Nc1ccc(C(=O)O)cc1O.